The lowest BCUT2D eigenvalue weighted by Crippen LogP contribution is -2.27. The summed E-state index contributed by atoms with van der Waals surface area (Å²) in [4.78, 5) is 0. The summed E-state index contributed by atoms with van der Waals surface area (Å²) in [5, 5.41) is 3.02. The maximum atomic E-state index is 16.9. The van der Waals surface area contributed by atoms with Gasteiger partial charge in [-0.05, 0) is 115 Å². The molecule has 4 heteroatoms. The molecule has 53 heavy (non-hydrogen) atoms. The van der Waals surface area contributed by atoms with Crippen LogP contribution in [-0.4, -0.2) is 0 Å². The summed E-state index contributed by atoms with van der Waals surface area (Å²) in [5.41, 5.74) is 15.9. The van der Waals surface area contributed by atoms with Crippen molar-refractivity contribution in [1.82, 2.24) is 0 Å². The summed E-state index contributed by atoms with van der Waals surface area (Å²) in [7, 11) is -3.64. The Morgan fingerprint density at radius 1 is 0.434 bits per heavy atom. The Morgan fingerprint density at radius 3 is 1.68 bits per heavy atom. The molecule has 0 amide bonds. The molecular weight excluding hydrogens is 664 g/mol. The van der Waals surface area contributed by atoms with E-state index in [0.717, 1.165) is 44.6 Å². The Hall–Kier alpha value is -6.15. The lowest BCUT2D eigenvalue weighted by atomic mass is 9.81. The van der Waals surface area contributed by atoms with Gasteiger partial charge in [0.1, 0.15) is 0 Å². The van der Waals surface area contributed by atoms with Crippen molar-refractivity contribution in [2.45, 2.75) is 19.3 Å². The predicted octanol–water partition coefficient (Wildman–Crippen LogP) is 13.3. The lowest BCUT2D eigenvalue weighted by molar-refractivity contribution is 0.582. The molecule has 1 heterocycles. The van der Waals surface area contributed by atoms with Gasteiger partial charge >= 0.3 is 7.44 Å². The van der Waals surface area contributed by atoms with E-state index in [0.29, 0.717) is 0 Å². The zero-order valence-electron chi connectivity index (χ0n) is 29.5. The van der Waals surface area contributed by atoms with Gasteiger partial charge in [0.2, 0.25) is 0 Å². The van der Waals surface area contributed by atoms with Gasteiger partial charge in [-0.25, -0.2) is 0 Å². The van der Waals surface area contributed by atoms with Crippen LogP contribution in [0.5, 0.6) is 0 Å². The summed E-state index contributed by atoms with van der Waals surface area (Å²) in [6, 6.07) is 62.2. The van der Waals surface area contributed by atoms with Crippen LogP contribution in [0.3, 0.4) is 0 Å². The van der Waals surface area contributed by atoms with Crippen molar-refractivity contribution in [2.75, 3.05) is 9.34 Å². The van der Waals surface area contributed by atoms with Crippen LogP contribution in [0.1, 0.15) is 25.0 Å². The molecular formula is C49H35N2OP. The number of fused-ring (bicyclic) bond motifs is 7. The molecule has 0 saturated carbocycles. The molecule has 1 aliphatic heterocycles. The van der Waals surface area contributed by atoms with Crippen LogP contribution >= 0.6 is 7.44 Å². The van der Waals surface area contributed by atoms with Crippen LogP contribution in [0.15, 0.2) is 176 Å². The number of hydrogen-bond acceptors (Lipinski definition) is 1. The SMILES string of the molecule is CC1(C)c2ccccc2-c2ccc(-c3ccc4c(c3)N(c3ccccc3)P(=O)(c3ccc5c6c(cccc36)-c3ccccc3-5)N4c3ccccc3)cc21. The third kappa shape index (κ3) is 4.09. The molecule has 0 saturated heterocycles. The van der Waals surface area contributed by atoms with E-state index in [1.807, 2.05) is 36.4 Å². The molecule has 3 aliphatic rings. The van der Waals surface area contributed by atoms with E-state index in [9.17, 15) is 0 Å². The number of benzene rings is 8. The normalized spacial score (nSPS) is 17.1. The van der Waals surface area contributed by atoms with E-state index in [1.165, 1.54) is 49.9 Å². The number of hydrogen-bond donors (Lipinski definition) is 0. The zero-order valence-corrected chi connectivity index (χ0v) is 30.4. The van der Waals surface area contributed by atoms with Crippen molar-refractivity contribution in [3.05, 3.63) is 187 Å². The quantitative estimate of drug-likeness (QED) is 0.171. The first-order valence-electron chi connectivity index (χ1n) is 18.3. The van der Waals surface area contributed by atoms with Crippen LogP contribution in [-0.2, 0) is 9.98 Å². The van der Waals surface area contributed by atoms with Gasteiger partial charge in [-0.15, -0.1) is 0 Å². The highest BCUT2D eigenvalue weighted by Crippen LogP contribution is 2.71. The number of para-hydroxylation sites is 2. The second-order valence-electron chi connectivity index (χ2n) is 14.9. The van der Waals surface area contributed by atoms with Crippen molar-refractivity contribution in [3.63, 3.8) is 0 Å². The molecule has 1 atom stereocenters. The summed E-state index contributed by atoms with van der Waals surface area (Å²) >= 11 is 0. The molecule has 8 aromatic rings. The third-order valence-electron chi connectivity index (χ3n) is 11.7. The predicted molar refractivity (Wildman–Crippen MR) is 222 cm³/mol. The Labute approximate surface area is 309 Å². The van der Waals surface area contributed by atoms with Gasteiger partial charge in [-0.1, -0.05) is 141 Å². The minimum absolute atomic E-state index is 0.107. The Morgan fingerprint density at radius 2 is 0.962 bits per heavy atom. The van der Waals surface area contributed by atoms with Crippen molar-refractivity contribution in [3.8, 4) is 44.5 Å². The highest BCUT2D eigenvalue weighted by atomic mass is 31.2. The fraction of sp³-hybridized carbons (Fsp3) is 0.0612. The van der Waals surface area contributed by atoms with Crippen molar-refractivity contribution < 1.29 is 4.57 Å². The summed E-state index contributed by atoms with van der Waals surface area (Å²) in [6.07, 6.45) is 0. The monoisotopic (exact) mass is 698 g/mol. The van der Waals surface area contributed by atoms with Crippen LogP contribution in [0, 0.1) is 0 Å². The molecule has 1 unspecified atom stereocenters. The minimum Gasteiger partial charge on any atom is -0.270 e. The number of anilines is 4. The second kappa shape index (κ2) is 10.9. The van der Waals surface area contributed by atoms with E-state index >= 15 is 4.57 Å². The zero-order chi connectivity index (χ0) is 35.5. The number of rotatable bonds is 4. The summed E-state index contributed by atoms with van der Waals surface area (Å²) < 4.78 is 21.2. The maximum Gasteiger partial charge on any atom is 0.302 e. The van der Waals surface area contributed by atoms with Gasteiger partial charge < -0.3 is 0 Å². The fourth-order valence-corrected chi connectivity index (χ4v) is 12.5. The van der Waals surface area contributed by atoms with Gasteiger partial charge in [-0.2, -0.15) is 0 Å². The second-order valence-corrected chi connectivity index (χ2v) is 17.2. The van der Waals surface area contributed by atoms with E-state index in [4.69, 9.17) is 0 Å². The van der Waals surface area contributed by atoms with E-state index in [1.54, 1.807) is 0 Å². The van der Waals surface area contributed by atoms with Crippen LogP contribution in [0.4, 0.5) is 22.7 Å². The Bertz CT molecular complexity index is 2830. The van der Waals surface area contributed by atoms with Gasteiger partial charge in [0, 0.05) is 16.8 Å². The Kier molecular flexibility index (Phi) is 6.29. The fourth-order valence-electron chi connectivity index (χ4n) is 9.31. The smallest absolute Gasteiger partial charge is 0.270 e. The molecule has 8 aromatic carbocycles. The first kappa shape index (κ1) is 30.5. The molecule has 252 valence electrons. The van der Waals surface area contributed by atoms with Crippen LogP contribution in [0.25, 0.3) is 55.3 Å². The average Bonchev–Trinajstić information content (AvgIpc) is 3.76. The molecule has 3 nitrogen and oxygen atoms in total. The van der Waals surface area contributed by atoms with Crippen molar-refractivity contribution in [1.29, 1.82) is 0 Å². The molecule has 0 spiro atoms. The topological polar surface area (TPSA) is 23.6 Å². The molecule has 0 fully saturated rings. The van der Waals surface area contributed by atoms with Crippen LogP contribution < -0.4 is 14.6 Å². The van der Waals surface area contributed by atoms with Gasteiger partial charge in [0.05, 0.1) is 16.7 Å². The Balaban J connectivity index is 1.16. The molecule has 0 bridgehead atoms. The van der Waals surface area contributed by atoms with Gasteiger partial charge in [0.15, 0.2) is 0 Å². The highest BCUT2D eigenvalue weighted by Gasteiger charge is 2.50. The highest BCUT2D eigenvalue weighted by molar-refractivity contribution is 7.76. The van der Waals surface area contributed by atoms with Crippen molar-refractivity contribution in [2.24, 2.45) is 0 Å². The molecule has 2 aliphatic carbocycles. The lowest BCUT2D eigenvalue weighted by Gasteiger charge is -2.34. The molecule has 0 N–H and O–H groups in total. The van der Waals surface area contributed by atoms with E-state index in [2.05, 4.69) is 163 Å². The largest absolute Gasteiger partial charge is 0.302 e. The van der Waals surface area contributed by atoms with Crippen LogP contribution in [0.2, 0.25) is 0 Å². The van der Waals surface area contributed by atoms with E-state index < -0.39 is 7.44 Å². The number of nitrogens with zero attached hydrogens (tertiary/aromatic N) is 2. The van der Waals surface area contributed by atoms with Gasteiger partial charge in [-0.3, -0.25) is 13.9 Å². The first-order chi connectivity index (χ1) is 25.9. The summed E-state index contributed by atoms with van der Waals surface area (Å²) in [5.74, 6) is 0. The summed E-state index contributed by atoms with van der Waals surface area (Å²) in [6.45, 7) is 4.65. The molecule has 0 aromatic heterocycles. The standard InChI is InChI=1S/C49H35N2OP/c1-49(2)43-23-12-11-20-38(43)39-26-24-32(30-44(39)49)33-25-28-45-46(31-33)51(35-16-7-4-8-17-35)53(52,50(45)34-14-5-3-6-15-34)47-29-27-41-37-19-10-9-18-36(37)40-21-13-22-42(47)48(40)41/h3-31H,1-2H3. The first-order valence-corrected chi connectivity index (χ1v) is 19.9. The average molecular weight is 699 g/mol. The van der Waals surface area contributed by atoms with E-state index in [-0.39, 0.29) is 5.41 Å². The van der Waals surface area contributed by atoms with Gasteiger partial charge in [0.25, 0.3) is 0 Å². The third-order valence-corrected chi connectivity index (χ3v) is 14.7. The molecule has 11 rings (SSSR count). The maximum absolute atomic E-state index is 16.9. The minimum atomic E-state index is -3.64. The van der Waals surface area contributed by atoms with Crippen molar-refractivity contribution >= 4 is 46.3 Å². The molecule has 0 radical (unpaired) electrons.